The summed E-state index contributed by atoms with van der Waals surface area (Å²) in [6, 6.07) is 6.93. The lowest BCUT2D eigenvalue weighted by Gasteiger charge is -2.21. The molecule has 0 spiro atoms. The zero-order valence-corrected chi connectivity index (χ0v) is 13.2. The van der Waals surface area contributed by atoms with E-state index >= 15 is 0 Å². The normalized spacial score (nSPS) is 17.6. The van der Waals surface area contributed by atoms with Gasteiger partial charge in [-0.1, -0.05) is 6.92 Å². The highest BCUT2D eigenvalue weighted by Crippen LogP contribution is 2.38. The Labute approximate surface area is 128 Å². The van der Waals surface area contributed by atoms with E-state index in [0.717, 1.165) is 30.2 Å². The van der Waals surface area contributed by atoms with Gasteiger partial charge in [0.1, 0.15) is 5.82 Å². The highest BCUT2D eigenvalue weighted by molar-refractivity contribution is 7.15. The zero-order valence-electron chi connectivity index (χ0n) is 12.4. The number of fused-ring (bicyclic) bond motifs is 1. The number of aryl methyl sites for hydroxylation is 1. The molecule has 0 radical (unpaired) electrons. The van der Waals surface area contributed by atoms with Crippen LogP contribution in [0.4, 0.5) is 15.2 Å². The number of aromatic nitrogens is 1. The third-order valence-electron chi connectivity index (χ3n) is 3.89. The van der Waals surface area contributed by atoms with Gasteiger partial charge in [0.05, 0.1) is 11.7 Å². The molecule has 0 amide bonds. The molecule has 5 heteroatoms. The molecule has 0 aliphatic heterocycles. The fourth-order valence-corrected chi connectivity index (χ4v) is 3.91. The van der Waals surface area contributed by atoms with Crippen molar-refractivity contribution in [3.05, 3.63) is 40.7 Å². The first-order chi connectivity index (χ1) is 10.2. The van der Waals surface area contributed by atoms with Crippen LogP contribution >= 0.6 is 11.3 Å². The molecule has 1 aliphatic rings. The third kappa shape index (κ3) is 2.94. The number of nitrogens with one attached hydrogen (secondary N) is 1. The number of anilines is 2. The summed E-state index contributed by atoms with van der Waals surface area (Å²) in [6.45, 7) is 3.09. The van der Waals surface area contributed by atoms with E-state index in [1.807, 2.05) is 11.9 Å². The van der Waals surface area contributed by atoms with E-state index in [1.54, 1.807) is 23.5 Å². The van der Waals surface area contributed by atoms with Gasteiger partial charge in [0.15, 0.2) is 5.13 Å². The van der Waals surface area contributed by atoms with Crippen LogP contribution in [0, 0.1) is 5.82 Å². The van der Waals surface area contributed by atoms with E-state index < -0.39 is 0 Å². The number of benzene rings is 1. The van der Waals surface area contributed by atoms with E-state index in [-0.39, 0.29) is 5.82 Å². The summed E-state index contributed by atoms with van der Waals surface area (Å²) in [5.74, 6) is -0.210. The molecular formula is C16H20FN3S. The molecule has 1 aromatic heterocycles. The molecule has 1 heterocycles. The Morgan fingerprint density at radius 3 is 2.86 bits per heavy atom. The van der Waals surface area contributed by atoms with Crippen molar-refractivity contribution in [2.45, 2.75) is 32.2 Å². The Bertz CT molecular complexity index is 608. The summed E-state index contributed by atoms with van der Waals surface area (Å²) in [5, 5.41) is 4.50. The molecule has 112 valence electrons. The van der Waals surface area contributed by atoms with E-state index in [0.29, 0.717) is 6.04 Å². The Morgan fingerprint density at radius 2 is 2.14 bits per heavy atom. The average Bonchev–Trinajstić information content (AvgIpc) is 2.93. The second-order valence-corrected chi connectivity index (χ2v) is 6.40. The van der Waals surface area contributed by atoms with Crippen LogP contribution in [0.1, 0.15) is 36.4 Å². The van der Waals surface area contributed by atoms with Gasteiger partial charge in [-0.15, -0.1) is 11.3 Å². The maximum atomic E-state index is 13.0. The number of halogens is 1. The Morgan fingerprint density at radius 1 is 1.38 bits per heavy atom. The van der Waals surface area contributed by atoms with Gasteiger partial charge < -0.3 is 10.2 Å². The summed E-state index contributed by atoms with van der Waals surface area (Å²) in [4.78, 5) is 8.26. The molecule has 21 heavy (non-hydrogen) atoms. The first kappa shape index (κ1) is 14.5. The molecule has 1 aromatic carbocycles. The van der Waals surface area contributed by atoms with Gasteiger partial charge in [-0.2, -0.15) is 0 Å². The van der Waals surface area contributed by atoms with Crippen molar-refractivity contribution in [3.63, 3.8) is 0 Å². The smallest absolute Gasteiger partial charge is 0.190 e. The third-order valence-corrected chi connectivity index (χ3v) is 5.10. The van der Waals surface area contributed by atoms with Crippen molar-refractivity contribution in [2.24, 2.45) is 0 Å². The quantitative estimate of drug-likeness (QED) is 0.924. The van der Waals surface area contributed by atoms with Crippen LogP contribution in [0.15, 0.2) is 24.3 Å². The minimum absolute atomic E-state index is 0.210. The van der Waals surface area contributed by atoms with Gasteiger partial charge in [-0.25, -0.2) is 9.37 Å². The summed E-state index contributed by atoms with van der Waals surface area (Å²) in [5.41, 5.74) is 2.17. The second-order valence-electron chi connectivity index (χ2n) is 5.34. The fourth-order valence-electron chi connectivity index (χ4n) is 2.77. The molecular weight excluding hydrogens is 285 g/mol. The number of nitrogens with zero attached hydrogens (tertiary/aromatic N) is 2. The van der Waals surface area contributed by atoms with Gasteiger partial charge in [0, 0.05) is 17.6 Å². The molecule has 1 atom stereocenters. The number of hydrogen-bond acceptors (Lipinski definition) is 4. The largest absolute Gasteiger partial charge is 0.321 e. The maximum absolute atomic E-state index is 13.0. The average molecular weight is 305 g/mol. The topological polar surface area (TPSA) is 28.2 Å². The highest BCUT2D eigenvalue weighted by Gasteiger charge is 2.25. The van der Waals surface area contributed by atoms with Crippen LogP contribution in [0.5, 0.6) is 0 Å². The van der Waals surface area contributed by atoms with Crippen LogP contribution in [0.3, 0.4) is 0 Å². The minimum atomic E-state index is -0.210. The van der Waals surface area contributed by atoms with Crippen molar-refractivity contribution in [1.82, 2.24) is 10.3 Å². The first-order valence-electron chi connectivity index (χ1n) is 7.41. The monoisotopic (exact) mass is 305 g/mol. The molecule has 1 unspecified atom stereocenters. The first-order valence-corrected chi connectivity index (χ1v) is 8.23. The molecule has 2 aromatic rings. The lowest BCUT2D eigenvalue weighted by Crippen LogP contribution is -2.24. The van der Waals surface area contributed by atoms with Gasteiger partial charge in [0.2, 0.25) is 0 Å². The Balaban J connectivity index is 1.88. The number of thiazole rings is 1. The van der Waals surface area contributed by atoms with E-state index in [1.165, 1.54) is 29.1 Å². The van der Waals surface area contributed by atoms with Crippen molar-refractivity contribution in [3.8, 4) is 0 Å². The molecule has 1 N–H and O–H groups in total. The van der Waals surface area contributed by atoms with Crippen molar-refractivity contribution in [1.29, 1.82) is 0 Å². The highest BCUT2D eigenvalue weighted by atomic mass is 32.1. The molecule has 0 saturated heterocycles. The van der Waals surface area contributed by atoms with Crippen LogP contribution in [-0.2, 0) is 6.42 Å². The van der Waals surface area contributed by atoms with Crippen LogP contribution < -0.4 is 10.2 Å². The zero-order chi connectivity index (χ0) is 14.8. The molecule has 0 bridgehead atoms. The van der Waals surface area contributed by atoms with E-state index in [9.17, 15) is 4.39 Å². The molecule has 0 saturated carbocycles. The van der Waals surface area contributed by atoms with Gasteiger partial charge in [-0.05, 0) is 50.1 Å². The summed E-state index contributed by atoms with van der Waals surface area (Å²) in [6.07, 6.45) is 3.49. The van der Waals surface area contributed by atoms with Crippen molar-refractivity contribution >= 4 is 22.2 Å². The molecule has 3 nitrogen and oxygen atoms in total. The molecule has 1 aliphatic carbocycles. The van der Waals surface area contributed by atoms with E-state index in [4.69, 9.17) is 4.98 Å². The maximum Gasteiger partial charge on any atom is 0.190 e. The minimum Gasteiger partial charge on any atom is -0.321 e. The van der Waals surface area contributed by atoms with Gasteiger partial charge in [0.25, 0.3) is 0 Å². The van der Waals surface area contributed by atoms with E-state index in [2.05, 4.69) is 12.2 Å². The van der Waals surface area contributed by atoms with Crippen LogP contribution in [0.2, 0.25) is 0 Å². The predicted octanol–water partition coefficient (Wildman–Crippen LogP) is 4.04. The Kier molecular flexibility index (Phi) is 4.22. The van der Waals surface area contributed by atoms with Gasteiger partial charge in [-0.3, -0.25) is 0 Å². The number of hydrogen-bond donors (Lipinski definition) is 1. The second kappa shape index (κ2) is 6.12. The summed E-state index contributed by atoms with van der Waals surface area (Å²) in [7, 11) is 1.99. The molecule has 3 rings (SSSR count). The summed E-state index contributed by atoms with van der Waals surface area (Å²) < 4.78 is 13.0. The van der Waals surface area contributed by atoms with Crippen molar-refractivity contribution in [2.75, 3.05) is 18.5 Å². The standard InChI is InChI=1S/C16H20FN3S/c1-3-18-13-5-4-6-14-15(13)19-16(21-14)20(2)12-9-7-11(17)8-10-12/h7-10,13,18H,3-6H2,1-2H3. The fraction of sp³-hybridized carbons (Fsp3) is 0.438. The number of rotatable bonds is 4. The SMILES string of the molecule is CCNC1CCCc2sc(N(C)c3ccc(F)cc3)nc21. The molecule has 0 fully saturated rings. The van der Waals surface area contributed by atoms with Gasteiger partial charge >= 0.3 is 0 Å². The Hall–Kier alpha value is -1.46. The lowest BCUT2D eigenvalue weighted by atomic mass is 9.98. The van der Waals surface area contributed by atoms with Crippen molar-refractivity contribution < 1.29 is 4.39 Å². The van der Waals surface area contributed by atoms with Crippen LogP contribution in [0.25, 0.3) is 0 Å². The predicted molar refractivity (Wildman–Crippen MR) is 85.9 cm³/mol. The lowest BCUT2D eigenvalue weighted by molar-refractivity contribution is 0.465. The summed E-state index contributed by atoms with van der Waals surface area (Å²) >= 11 is 1.75. The van der Waals surface area contributed by atoms with Crippen LogP contribution in [-0.4, -0.2) is 18.6 Å².